The maximum atomic E-state index is 12.4. The number of aromatic nitrogens is 2. The van der Waals surface area contributed by atoms with Crippen LogP contribution in [0.1, 0.15) is 24.3 Å². The van der Waals surface area contributed by atoms with Gasteiger partial charge in [0.2, 0.25) is 5.91 Å². The molecule has 1 aromatic heterocycles. The molecule has 0 aliphatic rings. The van der Waals surface area contributed by atoms with Gasteiger partial charge in [0.15, 0.2) is 5.69 Å². The third kappa shape index (κ3) is 3.97. The normalized spacial score (nSPS) is 12.8. The number of fused-ring (bicyclic) bond motifs is 1. The van der Waals surface area contributed by atoms with E-state index in [0.29, 0.717) is 27.3 Å². The largest absolute Gasteiger partial charge is 0.382 e. The zero-order valence-corrected chi connectivity index (χ0v) is 15.0. The number of aliphatic hydroxyl groups excluding tert-OH is 1. The monoisotopic (exact) mass is 385 g/mol. The van der Waals surface area contributed by atoms with Crippen molar-refractivity contribution in [3.8, 4) is 0 Å². The van der Waals surface area contributed by atoms with Gasteiger partial charge in [0.1, 0.15) is 11.8 Å². The van der Waals surface area contributed by atoms with E-state index in [1.807, 2.05) is 0 Å². The van der Waals surface area contributed by atoms with Crippen LogP contribution in [0.3, 0.4) is 0 Å². The summed E-state index contributed by atoms with van der Waals surface area (Å²) >= 11 is 5.92. The van der Waals surface area contributed by atoms with E-state index in [0.717, 1.165) is 0 Å². The minimum atomic E-state index is -1.28. The number of hydrogen-bond donors (Lipinski definition) is 4. The van der Waals surface area contributed by atoms with Gasteiger partial charge in [-0.05, 0) is 35.9 Å². The minimum Gasteiger partial charge on any atom is -0.382 e. The van der Waals surface area contributed by atoms with Gasteiger partial charge < -0.3 is 21.2 Å². The topological polar surface area (TPSA) is 133 Å². The van der Waals surface area contributed by atoms with Gasteiger partial charge in [-0.15, -0.1) is 0 Å². The van der Waals surface area contributed by atoms with Crippen LogP contribution in [0.25, 0.3) is 11.0 Å². The van der Waals surface area contributed by atoms with Gasteiger partial charge in [-0.3, -0.25) is 9.59 Å². The maximum Gasteiger partial charge on any atom is 0.276 e. The van der Waals surface area contributed by atoms with Crippen LogP contribution in [0.15, 0.2) is 52.4 Å². The highest BCUT2D eigenvalue weighted by Crippen LogP contribution is 2.21. The van der Waals surface area contributed by atoms with E-state index in [2.05, 4.69) is 20.4 Å². The first-order valence-electron chi connectivity index (χ1n) is 7.92. The van der Waals surface area contributed by atoms with E-state index in [1.54, 1.807) is 42.5 Å². The van der Waals surface area contributed by atoms with Crippen molar-refractivity contribution >= 4 is 39.9 Å². The number of rotatable bonds is 4. The summed E-state index contributed by atoms with van der Waals surface area (Å²) in [7, 11) is 0. The Morgan fingerprint density at radius 1 is 1.30 bits per heavy atom. The van der Waals surface area contributed by atoms with Gasteiger partial charge in [-0.25, -0.2) is 4.98 Å². The van der Waals surface area contributed by atoms with Gasteiger partial charge in [0, 0.05) is 17.6 Å². The summed E-state index contributed by atoms with van der Waals surface area (Å²) in [6.07, 6.45) is -1.28. The summed E-state index contributed by atoms with van der Waals surface area (Å²) in [5, 5.41) is 17.3. The van der Waals surface area contributed by atoms with E-state index in [9.17, 15) is 14.7 Å². The van der Waals surface area contributed by atoms with Crippen LogP contribution in [-0.2, 0) is 4.79 Å². The van der Waals surface area contributed by atoms with Crippen LogP contribution in [0, 0.1) is 0 Å². The third-order valence-electron chi connectivity index (χ3n) is 3.84. The molecule has 0 radical (unpaired) electrons. The number of anilines is 1. The molecule has 3 rings (SSSR count). The van der Waals surface area contributed by atoms with Crippen molar-refractivity contribution in [3.63, 3.8) is 0 Å². The van der Waals surface area contributed by atoms with Crippen molar-refractivity contribution < 1.29 is 9.90 Å². The Morgan fingerprint density at radius 2 is 2.00 bits per heavy atom. The predicted molar refractivity (Wildman–Crippen MR) is 104 cm³/mol. The van der Waals surface area contributed by atoms with E-state index in [1.165, 1.54) is 6.92 Å². The molecule has 2 aromatic carbocycles. The van der Waals surface area contributed by atoms with Crippen LogP contribution in [-0.4, -0.2) is 26.7 Å². The Morgan fingerprint density at radius 3 is 2.63 bits per heavy atom. The molecule has 3 aromatic rings. The molecule has 0 fully saturated rings. The molecule has 0 saturated carbocycles. The Balaban J connectivity index is 1.98. The second-order valence-electron chi connectivity index (χ2n) is 5.80. The SMILES string of the molecule is CC(=O)Nc1ccc(C(O)C(=NN)c2nc3ccc(Cl)cc3[nH]c2=O)cc1. The van der Waals surface area contributed by atoms with Crippen molar-refractivity contribution in [2.75, 3.05) is 5.32 Å². The molecular formula is C18H16ClN5O3. The number of aliphatic hydroxyl groups is 1. The molecule has 0 bridgehead atoms. The van der Waals surface area contributed by atoms with E-state index in [-0.39, 0.29) is 17.3 Å². The third-order valence-corrected chi connectivity index (χ3v) is 4.08. The fourth-order valence-corrected chi connectivity index (χ4v) is 2.78. The Kier molecular flexibility index (Phi) is 5.20. The van der Waals surface area contributed by atoms with E-state index in [4.69, 9.17) is 17.4 Å². The lowest BCUT2D eigenvalue weighted by Crippen LogP contribution is -2.26. The maximum absolute atomic E-state index is 12.4. The molecule has 1 heterocycles. The number of carbonyl (C=O) groups is 1. The van der Waals surface area contributed by atoms with Crippen molar-refractivity contribution in [3.05, 3.63) is 69.1 Å². The molecule has 0 spiro atoms. The molecule has 0 aliphatic carbocycles. The molecular weight excluding hydrogens is 370 g/mol. The van der Waals surface area contributed by atoms with Crippen molar-refractivity contribution in [1.82, 2.24) is 9.97 Å². The predicted octanol–water partition coefficient (Wildman–Crippen LogP) is 1.93. The van der Waals surface area contributed by atoms with Crippen molar-refractivity contribution in [2.45, 2.75) is 13.0 Å². The highest BCUT2D eigenvalue weighted by molar-refractivity contribution is 6.31. The van der Waals surface area contributed by atoms with Crippen molar-refractivity contribution in [2.24, 2.45) is 10.9 Å². The van der Waals surface area contributed by atoms with E-state index >= 15 is 0 Å². The van der Waals surface area contributed by atoms with Gasteiger partial charge in [0.05, 0.1) is 11.0 Å². The Bertz CT molecular complexity index is 1090. The van der Waals surface area contributed by atoms with E-state index < -0.39 is 11.7 Å². The van der Waals surface area contributed by atoms with Gasteiger partial charge in [-0.1, -0.05) is 23.7 Å². The average Bonchev–Trinajstić information content (AvgIpc) is 2.62. The summed E-state index contributed by atoms with van der Waals surface area (Å²) < 4.78 is 0. The summed E-state index contributed by atoms with van der Waals surface area (Å²) in [6, 6.07) is 11.3. The van der Waals surface area contributed by atoms with Crippen LogP contribution < -0.4 is 16.7 Å². The number of aromatic amines is 1. The number of nitrogens with one attached hydrogen (secondary N) is 2. The number of carbonyl (C=O) groups excluding carboxylic acids is 1. The van der Waals surface area contributed by atoms with Crippen LogP contribution in [0.5, 0.6) is 0 Å². The number of H-pyrrole nitrogens is 1. The summed E-state index contributed by atoms with van der Waals surface area (Å²) in [5.41, 5.74) is 1.22. The van der Waals surface area contributed by atoms with Crippen LogP contribution in [0.2, 0.25) is 5.02 Å². The van der Waals surface area contributed by atoms with Crippen LogP contribution in [0.4, 0.5) is 5.69 Å². The first-order valence-corrected chi connectivity index (χ1v) is 8.30. The molecule has 0 saturated heterocycles. The number of nitrogens with zero attached hydrogens (tertiary/aromatic N) is 2. The van der Waals surface area contributed by atoms with Crippen LogP contribution >= 0.6 is 11.6 Å². The fourth-order valence-electron chi connectivity index (χ4n) is 2.60. The van der Waals surface area contributed by atoms with Crippen molar-refractivity contribution in [1.29, 1.82) is 0 Å². The zero-order chi connectivity index (χ0) is 19.6. The zero-order valence-electron chi connectivity index (χ0n) is 14.2. The Hall–Kier alpha value is -3.23. The number of amides is 1. The number of hydrogen-bond acceptors (Lipinski definition) is 6. The molecule has 1 unspecified atom stereocenters. The summed E-state index contributed by atoms with van der Waals surface area (Å²) in [5.74, 6) is 5.22. The second-order valence-corrected chi connectivity index (χ2v) is 6.23. The van der Waals surface area contributed by atoms with Gasteiger partial charge in [0.25, 0.3) is 5.56 Å². The molecule has 1 amide bonds. The fraction of sp³-hybridized carbons (Fsp3) is 0.111. The number of benzene rings is 2. The molecule has 27 heavy (non-hydrogen) atoms. The lowest BCUT2D eigenvalue weighted by molar-refractivity contribution is -0.114. The molecule has 138 valence electrons. The standard InChI is InChI=1S/C18H16ClN5O3/c1-9(25)21-12-5-2-10(3-6-12)17(26)15(24-20)16-18(27)23-14-8-11(19)4-7-13(14)22-16/h2-8,17,26H,20H2,1H3,(H,21,25)(H,23,27). The smallest absolute Gasteiger partial charge is 0.276 e. The minimum absolute atomic E-state index is 0.0830. The lowest BCUT2D eigenvalue weighted by atomic mass is 10.0. The first kappa shape index (κ1) is 18.6. The Labute approximate surface area is 158 Å². The first-order chi connectivity index (χ1) is 12.9. The average molecular weight is 386 g/mol. The van der Waals surface area contributed by atoms with Gasteiger partial charge in [-0.2, -0.15) is 5.10 Å². The quantitative estimate of drug-likeness (QED) is 0.309. The molecule has 8 nitrogen and oxygen atoms in total. The van der Waals surface area contributed by atoms with Gasteiger partial charge >= 0.3 is 0 Å². The molecule has 0 aliphatic heterocycles. The lowest BCUT2D eigenvalue weighted by Gasteiger charge is -2.14. The molecule has 1 atom stereocenters. The second kappa shape index (κ2) is 7.56. The number of nitrogens with two attached hydrogens (primary N) is 1. The summed E-state index contributed by atoms with van der Waals surface area (Å²) in [6.45, 7) is 1.40. The number of hydrazone groups is 1. The highest BCUT2D eigenvalue weighted by atomic mass is 35.5. The molecule has 9 heteroatoms. The number of halogens is 1. The summed E-state index contributed by atoms with van der Waals surface area (Å²) in [4.78, 5) is 30.4. The highest BCUT2D eigenvalue weighted by Gasteiger charge is 2.22. The molecule has 5 N–H and O–H groups in total.